The molecule has 2 atom stereocenters. The van der Waals surface area contributed by atoms with E-state index in [9.17, 15) is 9.90 Å². The molecule has 3 saturated heterocycles. The molecule has 0 spiro atoms. The van der Waals surface area contributed by atoms with E-state index in [1.165, 1.54) is 18.2 Å². The van der Waals surface area contributed by atoms with Crippen molar-refractivity contribution in [2.24, 2.45) is 0 Å². The second kappa shape index (κ2) is 15.6. The van der Waals surface area contributed by atoms with Crippen LogP contribution in [0.3, 0.4) is 0 Å². The van der Waals surface area contributed by atoms with Gasteiger partial charge in [-0.05, 0) is 78.9 Å². The van der Waals surface area contributed by atoms with Gasteiger partial charge >= 0.3 is 12.2 Å². The minimum absolute atomic E-state index is 0.0204. The van der Waals surface area contributed by atoms with Crippen molar-refractivity contribution in [2.75, 3.05) is 64.4 Å². The Kier molecular flexibility index (Phi) is 11.2. The van der Waals surface area contributed by atoms with E-state index in [-0.39, 0.29) is 47.8 Å². The second-order valence-electron chi connectivity index (χ2n) is 13.2. The number of carbonyl (C=O) groups is 1. The molecule has 13 heteroatoms. The van der Waals surface area contributed by atoms with E-state index in [1.54, 1.807) is 24.2 Å². The zero-order valence-corrected chi connectivity index (χ0v) is 30.3. The van der Waals surface area contributed by atoms with Crippen molar-refractivity contribution in [3.63, 3.8) is 0 Å². The number of nitrogens with zero attached hydrogens (tertiary/aromatic N) is 5. The Bertz CT molecular complexity index is 1870. The summed E-state index contributed by atoms with van der Waals surface area (Å²) in [7, 11) is 1.74. The number of aromatic hydroxyl groups is 1. The normalized spacial score (nSPS) is 22.4. The molecule has 9 rings (SSSR count). The van der Waals surface area contributed by atoms with Crippen molar-refractivity contribution in [3.8, 4) is 11.8 Å². The third-order valence-corrected chi connectivity index (χ3v) is 10.4. The van der Waals surface area contributed by atoms with E-state index in [1.807, 2.05) is 32.6 Å². The van der Waals surface area contributed by atoms with Gasteiger partial charge in [0.2, 0.25) is 0 Å². The van der Waals surface area contributed by atoms with Gasteiger partial charge in [0.25, 0.3) is 0 Å². The van der Waals surface area contributed by atoms with Crippen LogP contribution in [-0.4, -0.2) is 102 Å². The van der Waals surface area contributed by atoms with Crippen molar-refractivity contribution >= 4 is 34.8 Å². The van der Waals surface area contributed by atoms with Crippen LogP contribution in [0.4, 0.5) is 19.4 Å². The van der Waals surface area contributed by atoms with Crippen LogP contribution in [0.25, 0.3) is 22.8 Å². The Labute approximate surface area is 297 Å². The lowest BCUT2D eigenvalue weighted by molar-refractivity contribution is 0.0279. The molecule has 0 radical (unpaired) electrons. The summed E-state index contributed by atoms with van der Waals surface area (Å²) in [5.41, 5.74) is 0.534. The van der Waals surface area contributed by atoms with Crippen molar-refractivity contribution in [1.29, 1.82) is 0 Å². The van der Waals surface area contributed by atoms with Gasteiger partial charge in [-0.25, -0.2) is 13.6 Å². The summed E-state index contributed by atoms with van der Waals surface area (Å²) in [4.78, 5) is 28.5. The number of carbonyl (C=O) groups excluding carboxylic acids is 1. The van der Waals surface area contributed by atoms with E-state index >= 15 is 8.78 Å². The maximum Gasteiger partial charge on any atom is 0.508 e. The lowest BCUT2D eigenvalue weighted by Gasteiger charge is -2.33. The first-order valence-corrected chi connectivity index (χ1v) is 18.4. The van der Waals surface area contributed by atoms with Crippen LogP contribution in [0.1, 0.15) is 70.5 Å². The zero-order chi connectivity index (χ0) is 36.3. The van der Waals surface area contributed by atoms with Crippen molar-refractivity contribution in [2.45, 2.75) is 77.5 Å². The fraction of sp³-hybridized carbons (Fsp3) is 0.553. The van der Waals surface area contributed by atoms with Crippen LogP contribution in [0, 0.1) is 5.82 Å². The van der Waals surface area contributed by atoms with Crippen LogP contribution in [-0.2, 0) is 15.9 Å². The number of fused-ring (bicyclic) bond motifs is 6. The first-order chi connectivity index (χ1) is 24.8. The number of nitrogens with one attached hydrogen (secondary N) is 1. The van der Waals surface area contributed by atoms with Crippen LogP contribution in [0.5, 0.6) is 11.8 Å². The van der Waals surface area contributed by atoms with E-state index in [4.69, 9.17) is 24.2 Å². The number of phenols is 1. The van der Waals surface area contributed by atoms with Crippen LogP contribution in [0.15, 0.2) is 24.3 Å². The number of ether oxygens (including phenoxy) is 3. The zero-order valence-electron chi connectivity index (χ0n) is 30.3. The molecule has 0 amide bonds. The van der Waals surface area contributed by atoms with Crippen molar-refractivity contribution in [1.82, 2.24) is 25.1 Å². The summed E-state index contributed by atoms with van der Waals surface area (Å²) in [6.07, 6.45) is 4.64. The summed E-state index contributed by atoms with van der Waals surface area (Å²) < 4.78 is 50.2. The SMILES string of the molecule is CC.CC.CN1C=c2c3nc(OCC45CCCN4CCC5)nc2=C(F)C1c1cc(O)cc2ccc(F)c(c12)CCOC(=O)OC1CNCCN3C1. The third kappa shape index (κ3) is 7.02. The Balaban J connectivity index is 0.00000108. The Morgan fingerprint density at radius 2 is 1.84 bits per heavy atom. The number of anilines is 1. The molecule has 0 saturated carbocycles. The molecule has 6 aliphatic rings. The Hall–Kier alpha value is -4.23. The fourth-order valence-electron chi connectivity index (χ4n) is 8.20. The molecule has 0 aliphatic carbocycles. The van der Waals surface area contributed by atoms with E-state index in [0.717, 1.165) is 38.8 Å². The van der Waals surface area contributed by atoms with Crippen LogP contribution in [0.2, 0.25) is 0 Å². The number of halogens is 2. The smallest absolute Gasteiger partial charge is 0.508 e. The highest BCUT2D eigenvalue weighted by molar-refractivity contribution is 5.92. The van der Waals surface area contributed by atoms with Gasteiger partial charge in [0.05, 0.1) is 23.9 Å². The highest BCUT2D eigenvalue weighted by Gasteiger charge is 2.45. The molecule has 2 N–H and O–H groups in total. The molecule has 276 valence electrons. The highest BCUT2D eigenvalue weighted by atomic mass is 19.1. The topological polar surface area (TPSA) is 113 Å². The predicted molar refractivity (Wildman–Crippen MR) is 192 cm³/mol. The molecule has 2 aromatic carbocycles. The average molecular weight is 709 g/mol. The molecular formula is C38H50F2N6O5. The van der Waals surface area contributed by atoms with Crippen LogP contribution < -0.4 is 25.5 Å². The third-order valence-electron chi connectivity index (χ3n) is 10.4. The molecule has 7 heterocycles. The largest absolute Gasteiger partial charge is 0.508 e. The maximum atomic E-state index is 17.2. The first-order valence-electron chi connectivity index (χ1n) is 18.4. The van der Waals surface area contributed by atoms with Gasteiger partial charge in [-0.3, -0.25) is 4.90 Å². The van der Waals surface area contributed by atoms with Gasteiger partial charge in [-0.1, -0.05) is 33.8 Å². The van der Waals surface area contributed by atoms with Gasteiger partial charge < -0.3 is 34.4 Å². The lowest BCUT2D eigenvalue weighted by atomic mass is 9.91. The Morgan fingerprint density at radius 3 is 2.61 bits per heavy atom. The number of phenolic OH excluding ortho intramolecular Hbond substituents is 1. The number of hydrogen-bond acceptors (Lipinski definition) is 11. The van der Waals surface area contributed by atoms with E-state index < -0.39 is 29.9 Å². The molecule has 3 aromatic rings. The number of aromatic nitrogens is 2. The molecule has 6 aliphatic heterocycles. The Morgan fingerprint density at radius 1 is 1.08 bits per heavy atom. The molecule has 1 aromatic heterocycles. The second-order valence-corrected chi connectivity index (χ2v) is 13.2. The summed E-state index contributed by atoms with van der Waals surface area (Å²) in [6, 6.07) is 4.86. The van der Waals surface area contributed by atoms with Gasteiger partial charge in [-0.2, -0.15) is 9.97 Å². The molecule has 6 bridgehead atoms. The van der Waals surface area contributed by atoms with Crippen molar-refractivity contribution in [3.05, 3.63) is 51.8 Å². The lowest BCUT2D eigenvalue weighted by Crippen LogP contribution is -2.47. The molecule has 51 heavy (non-hydrogen) atoms. The molecule has 2 unspecified atom stereocenters. The minimum atomic E-state index is -1.04. The summed E-state index contributed by atoms with van der Waals surface area (Å²) in [5.74, 6) is -0.718. The van der Waals surface area contributed by atoms with Gasteiger partial charge in [0.15, 0.2) is 5.83 Å². The number of hydrogen-bond donors (Lipinski definition) is 2. The monoisotopic (exact) mass is 708 g/mol. The molecule has 3 fully saturated rings. The van der Waals surface area contributed by atoms with Crippen molar-refractivity contribution < 1.29 is 32.9 Å². The maximum absolute atomic E-state index is 17.2. The first kappa shape index (κ1) is 36.6. The predicted octanol–water partition coefficient (Wildman–Crippen LogP) is 4.52. The minimum Gasteiger partial charge on any atom is -0.508 e. The van der Waals surface area contributed by atoms with E-state index in [2.05, 4.69) is 10.2 Å². The molecule has 11 nitrogen and oxygen atoms in total. The van der Waals surface area contributed by atoms with Gasteiger partial charge in [0.1, 0.15) is 41.5 Å². The number of rotatable bonds is 3. The highest BCUT2D eigenvalue weighted by Crippen LogP contribution is 2.41. The summed E-state index contributed by atoms with van der Waals surface area (Å²) >= 11 is 0. The quantitative estimate of drug-likeness (QED) is 0.375. The van der Waals surface area contributed by atoms with Gasteiger partial charge in [0, 0.05) is 39.3 Å². The number of benzene rings is 2. The van der Waals surface area contributed by atoms with Crippen LogP contribution >= 0.6 is 0 Å². The standard InChI is InChI=1S/C34H38F2N6O5.2C2H6/c1-40-18-25-29-28(36)30(40)24-15-21(43)14-20-4-5-26(35)23(27(20)24)6-13-45-33(44)47-22-16-37-9-12-41(17-22)31(25)39-32(38-29)46-19-34-7-2-10-42(34)11-3-8-34;2*1-2/h4-5,14-15,18,22,30,37,43H,2-3,6-13,16-17,19H2,1H3;2*1-2H3. The fourth-order valence-corrected chi connectivity index (χ4v) is 8.20. The van der Waals surface area contributed by atoms with E-state index in [0.29, 0.717) is 53.6 Å². The summed E-state index contributed by atoms with van der Waals surface area (Å²) in [6.45, 7) is 12.1. The summed E-state index contributed by atoms with van der Waals surface area (Å²) in [5, 5.41) is 15.6. The average Bonchev–Trinajstić information content (AvgIpc) is 3.63. The molecular weight excluding hydrogens is 658 g/mol. The van der Waals surface area contributed by atoms with Gasteiger partial charge in [-0.15, -0.1) is 0 Å².